The molecule has 3 N–H and O–H groups in total. The second kappa shape index (κ2) is 19.2. The molecular formula is C55H54BBrN2O6Si. The molecular weight excluding hydrogens is 903 g/mol. The molecule has 2 saturated heterocycles. The number of imide groups is 1. The van der Waals surface area contributed by atoms with Crippen LogP contribution in [0.3, 0.4) is 0 Å². The largest absolute Gasteiger partial charge is 0.507 e. The number of aromatic hydroxyl groups is 1. The number of carbonyl (C=O) groups excluding carboxylic acids is 2. The molecule has 0 unspecified atom stereocenters. The molecule has 3 aliphatic rings. The highest BCUT2D eigenvalue weighted by molar-refractivity contribution is 9.10. The number of carbonyl (C=O) groups is 2. The van der Waals surface area contributed by atoms with Gasteiger partial charge in [-0.15, -0.1) is 0 Å². The lowest BCUT2D eigenvalue weighted by Crippen LogP contribution is -2.66. The van der Waals surface area contributed by atoms with Gasteiger partial charge in [-0.2, -0.15) is 0 Å². The molecule has 0 saturated carbocycles. The number of hydrogen-bond donors (Lipinski definition) is 3. The third-order valence-electron chi connectivity index (χ3n) is 13.5. The lowest BCUT2D eigenvalue weighted by Gasteiger charge is -2.46. The highest BCUT2D eigenvalue weighted by Crippen LogP contribution is 2.52. The second-order valence-electron chi connectivity index (χ2n) is 18.6. The van der Waals surface area contributed by atoms with Crippen molar-refractivity contribution in [1.29, 1.82) is 0 Å². The van der Waals surface area contributed by atoms with Crippen LogP contribution < -0.4 is 20.6 Å². The molecule has 0 spiro atoms. The van der Waals surface area contributed by atoms with Gasteiger partial charge < -0.3 is 24.5 Å². The Balaban J connectivity index is 1.11. The van der Waals surface area contributed by atoms with Crippen LogP contribution in [0.4, 0.5) is 17.1 Å². The van der Waals surface area contributed by atoms with Crippen molar-refractivity contribution in [3.05, 3.63) is 191 Å². The molecule has 334 valence electrons. The molecule has 0 bridgehead atoms. The molecule has 1 aliphatic carbocycles. The van der Waals surface area contributed by atoms with Crippen molar-refractivity contribution in [2.75, 3.05) is 16.8 Å². The topological polar surface area (TPSA) is 108 Å². The minimum atomic E-state index is -3.05. The van der Waals surface area contributed by atoms with Crippen LogP contribution in [0, 0.1) is 17.8 Å². The van der Waals surface area contributed by atoms with Crippen LogP contribution in [0.5, 0.6) is 5.75 Å². The molecule has 2 amide bonds. The Bertz CT molecular complexity index is 2710. The SMILES string of the molecule is CC(C)(C)[Si](OCC1=C2[C@@H](CC/C(=C/c3cc(Br)ccc3O)c3ccccc3)OB(O)C[C@@H]2[C@@H]2C(=O)N(c3ccc(Nc4ccccc4)cc3)C(=O)[C@@H]2C1)(c1ccccc1)c1ccccc1. The molecule has 2 aliphatic heterocycles. The quantitative estimate of drug-likeness (QED) is 0.0458. The van der Waals surface area contributed by atoms with E-state index in [1.807, 2.05) is 97.1 Å². The fourth-order valence-electron chi connectivity index (χ4n) is 10.6. The normalized spacial score (nSPS) is 20.0. The summed E-state index contributed by atoms with van der Waals surface area (Å²) in [6.07, 6.45) is 2.93. The van der Waals surface area contributed by atoms with Gasteiger partial charge in [0.25, 0.3) is 8.32 Å². The van der Waals surface area contributed by atoms with Gasteiger partial charge in [0.1, 0.15) is 5.75 Å². The summed E-state index contributed by atoms with van der Waals surface area (Å²) in [6, 6.07) is 53.7. The first-order valence-corrected chi connectivity index (χ1v) is 25.5. The number of amides is 2. The van der Waals surface area contributed by atoms with Crippen molar-refractivity contribution < 1.29 is 28.8 Å². The predicted octanol–water partition coefficient (Wildman–Crippen LogP) is 10.8. The van der Waals surface area contributed by atoms with Crippen LogP contribution in [0.25, 0.3) is 11.6 Å². The van der Waals surface area contributed by atoms with Gasteiger partial charge in [-0.25, -0.2) is 0 Å². The van der Waals surface area contributed by atoms with Gasteiger partial charge in [0.2, 0.25) is 11.8 Å². The van der Waals surface area contributed by atoms with Gasteiger partial charge in [0.15, 0.2) is 0 Å². The summed E-state index contributed by atoms with van der Waals surface area (Å²) in [5.41, 5.74) is 6.83. The van der Waals surface area contributed by atoms with Gasteiger partial charge in [-0.05, 0) is 130 Å². The molecule has 8 nitrogen and oxygen atoms in total. The maximum absolute atomic E-state index is 14.9. The van der Waals surface area contributed by atoms with E-state index in [0.29, 0.717) is 30.5 Å². The first kappa shape index (κ1) is 45.3. The summed E-state index contributed by atoms with van der Waals surface area (Å²) in [4.78, 5) is 31.1. The Hall–Kier alpha value is -5.82. The van der Waals surface area contributed by atoms with E-state index in [4.69, 9.17) is 9.08 Å². The maximum atomic E-state index is 14.9. The molecule has 9 rings (SSSR count). The summed E-state index contributed by atoms with van der Waals surface area (Å²) in [5, 5.41) is 27.9. The van der Waals surface area contributed by atoms with E-state index in [-0.39, 0.29) is 35.5 Å². The molecule has 66 heavy (non-hydrogen) atoms. The van der Waals surface area contributed by atoms with Crippen molar-refractivity contribution in [3.63, 3.8) is 0 Å². The number of hydrogen-bond acceptors (Lipinski definition) is 7. The maximum Gasteiger partial charge on any atom is 0.455 e. The molecule has 6 aromatic rings. The number of fused-ring (bicyclic) bond motifs is 3. The first-order chi connectivity index (χ1) is 31.9. The highest BCUT2D eigenvalue weighted by atomic mass is 79.9. The summed E-state index contributed by atoms with van der Waals surface area (Å²) >= 11 is 3.57. The van der Waals surface area contributed by atoms with Gasteiger partial charge in [-0.1, -0.05) is 146 Å². The number of rotatable bonds is 13. The van der Waals surface area contributed by atoms with Crippen molar-refractivity contribution in [1.82, 2.24) is 0 Å². The highest BCUT2D eigenvalue weighted by Gasteiger charge is 2.58. The fraction of sp³-hybridized carbons (Fsp3) is 0.236. The molecule has 0 aromatic heterocycles. The number of nitrogens with one attached hydrogen (secondary N) is 1. The van der Waals surface area contributed by atoms with Crippen LogP contribution in [0.2, 0.25) is 11.4 Å². The average molecular weight is 958 g/mol. The summed E-state index contributed by atoms with van der Waals surface area (Å²) in [6.45, 7) is 6.97. The lowest BCUT2D eigenvalue weighted by atomic mass is 9.58. The van der Waals surface area contributed by atoms with Gasteiger partial charge in [0, 0.05) is 21.4 Å². The monoisotopic (exact) mass is 956 g/mol. The van der Waals surface area contributed by atoms with Crippen molar-refractivity contribution in [3.8, 4) is 5.75 Å². The van der Waals surface area contributed by atoms with Gasteiger partial charge in [-0.3, -0.25) is 14.5 Å². The molecule has 4 atom stereocenters. The number of phenols is 1. The molecule has 2 heterocycles. The van der Waals surface area contributed by atoms with Crippen LogP contribution in [0.15, 0.2) is 179 Å². The molecule has 6 aromatic carbocycles. The summed E-state index contributed by atoms with van der Waals surface area (Å²) < 4.78 is 15.0. The third-order valence-corrected chi connectivity index (χ3v) is 19.0. The van der Waals surface area contributed by atoms with Gasteiger partial charge in [0.05, 0.1) is 30.2 Å². The minimum Gasteiger partial charge on any atom is -0.507 e. The Labute approximate surface area is 397 Å². The van der Waals surface area contributed by atoms with E-state index in [1.54, 1.807) is 12.1 Å². The zero-order valence-electron chi connectivity index (χ0n) is 37.4. The van der Waals surface area contributed by atoms with E-state index in [9.17, 15) is 19.7 Å². The van der Waals surface area contributed by atoms with E-state index in [0.717, 1.165) is 48.5 Å². The number of anilines is 3. The second-order valence-corrected chi connectivity index (χ2v) is 23.8. The average Bonchev–Trinajstić information content (AvgIpc) is 3.58. The zero-order chi connectivity index (χ0) is 46.0. The van der Waals surface area contributed by atoms with Crippen molar-refractivity contribution >= 4 is 82.3 Å². The van der Waals surface area contributed by atoms with Crippen LogP contribution in [-0.2, 0) is 18.7 Å². The number of para-hydroxylation sites is 1. The predicted molar refractivity (Wildman–Crippen MR) is 271 cm³/mol. The Morgan fingerprint density at radius 1 is 0.803 bits per heavy atom. The lowest BCUT2D eigenvalue weighted by molar-refractivity contribution is -0.122. The standard InChI is InChI=1S/C55H54BBrN2O6Si/c1-55(2,3)66(45-20-12-6-13-21-45,46-22-14-7-15-23-46)64-36-40-34-47-52(54(62)59(53(47)61)44-28-26-43(27-29-44)58-42-18-10-5-11-19-42)48-35-56(63)65-50(51(40)48)31-24-38(37-16-8-4-9-17-37)32-39-33-41(57)25-30-49(39)60/h4-23,25-30,32-33,47-48,50,52,58,60,63H,24,31,34-36H2,1-3H3/b38-32-/t47-,48+,50-,52-/m1/s1. The minimum absolute atomic E-state index is 0.163. The Kier molecular flexibility index (Phi) is 13.2. The first-order valence-electron chi connectivity index (χ1n) is 22.8. The number of halogens is 1. The van der Waals surface area contributed by atoms with Crippen molar-refractivity contribution in [2.24, 2.45) is 17.8 Å². The van der Waals surface area contributed by atoms with Crippen LogP contribution >= 0.6 is 15.9 Å². The molecule has 11 heteroatoms. The Morgan fingerprint density at radius 2 is 1.39 bits per heavy atom. The van der Waals surface area contributed by atoms with Crippen LogP contribution in [-0.4, -0.2) is 50.1 Å². The van der Waals surface area contributed by atoms with E-state index in [1.165, 1.54) is 4.90 Å². The van der Waals surface area contributed by atoms with E-state index in [2.05, 4.69) is 103 Å². The number of benzene rings is 6. The smallest absolute Gasteiger partial charge is 0.455 e. The van der Waals surface area contributed by atoms with Gasteiger partial charge >= 0.3 is 7.12 Å². The zero-order valence-corrected chi connectivity index (χ0v) is 40.0. The molecule has 2 fully saturated rings. The van der Waals surface area contributed by atoms with E-state index < -0.39 is 39.3 Å². The number of allylic oxidation sites excluding steroid dienone is 1. The van der Waals surface area contributed by atoms with Crippen molar-refractivity contribution in [2.45, 2.75) is 57.5 Å². The third kappa shape index (κ3) is 9.03. The Morgan fingerprint density at radius 3 is 2.02 bits per heavy atom. The molecule has 0 radical (unpaired) electrons. The summed E-state index contributed by atoms with van der Waals surface area (Å²) in [5.74, 6) is -2.13. The summed E-state index contributed by atoms with van der Waals surface area (Å²) in [7, 11) is -4.21. The fourth-order valence-corrected chi connectivity index (χ4v) is 15.5. The van der Waals surface area contributed by atoms with E-state index >= 15 is 0 Å². The number of nitrogens with zero attached hydrogens (tertiary/aromatic N) is 1. The van der Waals surface area contributed by atoms with Crippen LogP contribution in [0.1, 0.15) is 51.2 Å². The number of phenolic OH excluding ortho intramolecular Hbond substituents is 1.